The summed E-state index contributed by atoms with van der Waals surface area (Å²) in [6.07, 6.45) is 3.00. The van der Waals surface area contributed by atoms with E-state index in [1.807, 2.05) is 12.3 Å². The van der Waals surface area contributed by atoms with Crippen LogP contribution in [0.2, 0.25) is 0 Å². The molecular formula is C15H19BrN2S. The molecule has 0 aliphatic rings. The van der Waals surface area contributed by atoms with E-state index in [1.165, 1.54) is 9.35 Å². The van der Waals surface area contributed by atoms with Crippen molar-refractivity contribution in [2.75, 3.05) is 6.54 Å². The molecule has 1 N–H and O–H groups in total. The molecule has 0 amide bonds. The SMILES string of the molecule is CCCNC(c1csc(Br)c1)C(C)c1ccccn1. The number of pyridine rings is 1. The molecule has 0 fully saturated rings. The Morgan fingerprint density at radius 1 is 1.42 bits per heavy atom. The van der Waals surface area contributed by atoms with Crippen LogP contribution < -0.4 is 5.32 Å². The number of aromatic nitrogens is 1. The van der Waals surface area contributed by atoms with E-state index in [4.69, 9.17) is 0 Å². The lowest BCUT2D eigenvalue weighted by atomic mass is 9.93. The van der Waals surface area contributed by atoms with Gasteiger partial charge in [0, 0.05) is 23.9 Å². The first-order valence-electron chi connectivity index (χ1n) is 6.60. The molecule has 0 aliphatic heterocycles. The topological polar surface area (TPSA) is 24.9 Å². The van der Waals surface area contributed by atoms with Gasteiger partial charge in [-0.1, -0.05) is 19.9 Å². The standard InChI is InChI=1S/C15H19BrN2S/c1-3-7-18-15(12-9-14(16)19-10-12)11(2)13-6-4-5-8-17-13/h4-6,8-11,15,18H,3,7H2,1-2H3. The Hall–Kier alpha value is -0.710. The van der Waals surface area contributed by atoms with Gasteiger partial charge in [-0.3, -0.25) is 4.98 Å². The first kappa shape index (κ1) is 14.7. The molecule has 19 heavy (non-hydrogen) atoms. The maximum Gasteiger partial charge on any atom is 0.0701 e. The van der Waals surface area contributed by atoms with E-state index in [0.717, 1.165) is 18.7 Å². The molecule has 0 aromatic carbocycles. The Labute approximate surface area is 127 Å². The molecule has 2 heterocycles. The molecule has 2 nitrogen and oxygen atoms in total. The molecule has 4 heteroatoms. The lowest BCUT2D eigenvalue weighted by molar-refractivity contribution is 0.461. The lowest BCUT2D eigenvalue weighted by Crippen LogP contribution is -2.26. The minimum Gasteiger partial charge on any atom is -0.309 e. The molecule has 0 aliphatic carbocycles. The van der Waals surface area contributed by atoms with E-state index in [-0.39, 0.29) is 0 Å². The predicted octanol–water partition coefficient (Wildman–Crippen LogP) is 4.75. The third kappa shape index (κ3) is 3.88. The fraction of sp³-hybridized carbons (Fsp3) is 0.400. The summed E-state index contributed by atoms with van der Waals surface area (Å²) in [5.74, 6) is 0.356. The Kier molecular flexibility index (Phi) is 5.55. The fourth-order valence-corrected chi connectivity index (χ4v) is 3.40. The summed E-state index contributed by atoms with van der Waals surface area (Å²) >= 11 is 5.28. The zero-order chi connectivity index (χ0) is 13.7. The van der Waals surface area contributed by atoms with Crippen LogP contribution in [0.1, 0.15) is 43.5 Å². The summed E-state index contributed by atoms with van der Waals surface area (Å²) in [6, 6.07) is 8.65. The molecule has 0 saturated heterocycles. The van der Waals surface area contributed by atoms with E-state index >= 15 is 0 Å². The highest BCUT2D eigenvalue weighted by atomic mass is 79.9. The molecule has 2 atom stereocenters. The van der Waals surface area contributed by atoms with Gasteiger partial charge < -0.3 is 5.32 Å². The molecule has 2 aromatic rings. The highest BCUT2D eigenvalue weighted by Gasteiger charge is 2.22. The van der Waals surface area contributed by atoms with Crippen LogP contribution in [0.25, 0.3) is 0 Å². The number of rotatable bonds is 6. The number of hydrogen-bond acceptors (Lipinski definition) is 3. The third-order valence-corrected chi connectivity index (χ3v) is 4.74. The van der Waals surface area contributed by atoms with Crippen LogP contribution >= 0.6 is 27.3 Å². The average molecular weight is 339 g/mol. The Morgan fingerprint density at radius 2 is 2.26 bits per heavy atom. The van der Waals surface area contributed by atoms with Gasteiger partial charge in [0.2, 0.25) is 0 Å². The summed E-state index contributed by atoms with van der Waals surface area (Å²) < 4.78 is 1.18. The van der Waals surface area contributed by atoms with Gasteiger partial charge in [-0.2, -0.15) is 0 Å². The van der Waals surface area contributed by atoms with Gasteiger partial charge in [0.25, 0.3) is 0 Å². The zero-order valence-corrected chi connectivity index (χ0v) is 13.7. The Morgan fingerprint density at radius 3 is 2.84 bits per heavy atom. The van der Waals surface area contributed by atoms with Crippen LogP contribution in [-0.4, -0.2) is 11.5 Å². The molecule has 2 rings (SSSR count). The minimum absolute atomic E-state index is 0.317. The quantitative estimate of drug-likeness (QED) is 0.821. The summed E-state index contributed by atoms with van der Waals surface area (Å²) in [5.41, 5.74) is 2.47. The molecular weight excluding hydrogens is 320 g/mol. The zero-order valence-electron chi connectivity index (χ0n) is 11.3. The molecule has 2 aromatic heterocycles. The van der Waals surface area contributed by atoms with Crippen LogP contribution in [0.3, 0.4) is 0 Å². The van der Waals surface area contributed by atoms with Crippen LogP contribution in [-0.2, 0) is 0 Å². The van der Waals surface area contributed by atoms with Crippen molar-refractivity contribution < 1.29 is 0 Å². The van der Waals surface area contributed by atoms with Gasteiger partial charge >= 0.3 is 0 Å². The molecule has 102 valence electrons. The second-order valence-electron chi connectivity index (χ2n) is 4.66. The summed E-state index contributed by atoms with van der Waals surface area (Å²) in [7, 11) is 0. The Balaban J connectivity index is 2.22. The fourth-order valence-electron chi connectivity index (χ4n) is 2.19. The van der Waals surface area contributed by atoms with Gasteiger partial charge in [0.15, 0.2) is 0 Å². The highest BCUT2D eigenvalue weighted by Crippen LogP contribution is 2.33. The highest BCUT2D eigenvalue weighted by molar-refractivity contribution is 9.11. The molecule has 0 radical (unpaired) electrons. The van der Waals surface area contributed by atoms with Crippen molar-refractivity contribution in [1.82, 2.24) is 10.3 Å². The third-order valence-electron chi connectivity index (χ3n) is 3.22. The molecule has 2 unspecified atom stereocenters. The number of hydrogen-bond donors (Lipinski definition) is 1. The maximum atomic E-state index is 4.49. The van der Waals surface area contributed by atoms with Crippen LogP contribution in [0.5, 0.6) is 0 Å². The summed E-state index contributed by atoms with van der Waals surface area (Å²) in [4.78, 5) is 4.49. The van der Waals surface area contributed by atoms with Crippen LogP contribution in [0.15, 0.2) is 39.6 Å². The van der Waals surface area contributed by atoms with E-state index in [0.29, 0.717) is 12.0 Å². The van der Waals surface area contributed by atoms with Crippen molar-refractivity contribution in [2.24, 2.45) is 0 Å². The summed E-state index contributed by atoms with van der Waals surface area (Å²) in [6.45, 7) is 5.45. The second-order valence-corrected chi connectivity index (χ2v) is 6.95. The maximum absolute atomic E-state index is 4.49. The number of thiophene rings is 1. The van der Waals surface area contributed by atoms with E-state index in [2.05, 4.69) is 63.7 Å². The summed E-state index contributed by atoms with van der Waals surface area (Å²) in [5, 5.41) is 5.86. The predicted molar refractivity (Wildman–Crippen MR) is 85.7 cm³/mol. The monoisotopic (exact) mass is 338 g/mol. The van der Waals surface area contributed by atoms with Gasteiger partial charge in [0.1, 0.15) is 0 Å². The van der Waals surface area contributed by atoms with E-state index < -0.39 is 0 Å². The second kappa shape index (κ2) is 7.17. The van der Waals surface area contributed by atoms with Crippen molar-refractivity contribution in [3.8, 4) is 0 Å². The van der Waals surface area contributed by atoms with Gasteiger partial charge in [-0.15, -0.1) is 11.3 Å². The molecule has 0 spiro atoms. The minimum atomic E-state index is 0.317. The van der Waals surface area contributed by atoms with E-state index in [1.54, 1.807) is 11.3 Å². The smallest absolute Gasteiger partial charge is 0.0701 e. The van der Waals surface area contributed by atoms with Crippen molar-refractivity contribution in [3.05, 3.63) is 50.9 Å². The lowest BCUT2D eigenvalue weighted by Gasteiger charge is -2.24. The first-order chi connectivity index (χ1) is 9.22. The normalized spacial score (nSPS) is 14.3. The molecule has 0 saturated carbocycles. The molecule has 0 bridgehead atoms. The van der Waals surface area contributed by atoms with Crippen LogP contribution in [0, 0.1) is 0 Å². The number of nitrogens with one attached hydrogen (secondary N) is 1. The van der Waals surface area contributed by atoms with Crippen molar-refractivity contribution in [1.29, 1.82) is 0 Å². The van der Waals surface area contributed by atoms with Crippen molar-refractivity contribution in [2.45, 2.75) is 32.2 Å². The van der Waals surface area contributed by atoms with Crippen molar-refractivity contribution in [3.63, 3.8) is 0 Å². The van der Waals surface area contributed by atoms with Gasteiger partial charge in [-0.05, 0) is 58.0 Å². The van der Waals surface area contributed by atoms with Gasteiger partial charge in [0.05, 0.1) is 3.79 Å². The van der Waals surface area contributed by atoms with Gasteiger partial charge in [-0.25, -0.2) is 0 Å². The van der Waals surface area contributed by atoms with Crippen molar-refractivity contribution >= 4 is 27.3 Å². The Bertz CT molecular complexity index is 498. The largest absolute Gasteiger partial charge is 0.309 e. The number of nitrogens with zero attached hydrogens (tertiary/aromatic N) is 1. The first-order valence-corrected chi connectivity index (χ1v) is 8.28. The van der Waals surface area contributed by atoms with Crippen LogP contribution in [0.4, 0.5) is 0 Å². The number of halogens is 1. The average Bonchev–Trinajstić information content (AvgIpc) is 2.86. The van der Waals surface area contributed by atoms with E-state index in [9.17, 15) is 0 Å².